The predicted molar refractivity (Wildman–Crippen MR) is 117 cm³/mol. The number of amides is 1. The monoisotopic (exact) mass is 420 g/mol. The highest BCUT2D eigenvalue weighted by molar-refractivity contribution is 6.31. The van der Waals surface area contributed by atoms with E-state index in [9.17, 15) is 4.79 Å². The van der Waals surface area contributed by atoms with E-state index in [1.807, 2.05) is 50.2 Å². The van der Waals surface area contributed by atoms with Crippen LogP contribution < -0.4 is 4.90 Å². The van der Waals surface area contributed by atoms with Gasteiger partial charge < -0.3 is 9.32 Å². The van der Waals surface area contributed by atoms with Crippen LogP contribution in [0.15, 0.2) is 46.9 Å². The fraction of sp³-hybridized carbons (Fsp3) is 0.261. The summed E-state index contributed by atoms with van der Waals surface area (Å²) in [7, 11) is 1.76. The first-order valence-electron chi connectivity index (χ1n) is 9.93. The molecular weight excluding hydrogens is 400 g/mol. The van der Waals surface area contributed by atoms with Gasteiger partial charge in [-0.2, -0.15) is 5.10 Å². The molecule has 152 valence electrons. The van der Waals surface area contributed by atoms with Crippen LogP contribution in [0.3, 0.4) is 0 Å². The number of nitrogens with zero attached hydrogens (tertiary/aromatic N) is 4. The lowest BCUT2D eigenvalue weighted by atomic mass is 10.1. The lowest BCUT2D eigenvalue weighted by molar-refractivity contribution is 0.0993. The van der Waals surface area contributed by atoms with Gasteiger partial charge in [-0.15, -0.1) is 0 Å². The highest BCUT2D eigenvalue weighted by atomic mass is 35.5. The van der Waals surface area contributed by atoms with Crippen molar-refractivity contribution in [3.63, 3.8) is 0 Å². The molecule has 4 aromatic rings. The third-order valence-electron chi connectivity index (χ3n) is 5.55. The molecule has 0 spiro atoms. The van der Waals surface area contributed by atoms with E-state index in [0.717, 1.165) is 52.6 Å². The number of fused-ring (bicyclic) bond motifs is 1. The van der Waals surface area contributed by atoms with E-state index >= 15 is 0 Å². The molecule has 0 unspecified atom stereocenters. The van der Waals surface area contributed by atoms with Gasteiger partial charge in [0.05, 0.1) is 22.1 Å². The van der Waals surface area contributed by atoms with Crippen molar-refractivity contribution in [3.8, 4) is 5.69 Å². The molecule has 0 bridgehead atoms. The van der Waals surface area contributed by atoms with Gasteiger partial charge in [-0.05, 0) is 63.1 Å². The molecule has 1 amide bonds. The van der Waals surface area contributed by atoms with Crippen LogP contribution in [0, 0.1) is 13.8 Å². The summed E-state index contributed by atoms with van der Waals surface area (Å²) in [5.41, 5.74) is 5.26. The number of benzene rings is 2. The number of carbonyl (C=O) groups is 1. The Balaban J connectivity index is 1.45. The molecule has 1 fully saturated rings. The van der Waals surface area contributed by atoms with E-state index in [1.165, 1.54) is 0 Å². The lowest BCUT2D eigenvalue weighted by Crippen LogP contribution is -2.26. The Morgan fingerprint density at radius 2 is 2.00 bits per heavy atom. The molecule has 1 aliphatic rings. The van der Waals surface area contributed by atoms with E-state index in [0.29, 0.717) is 16.5 Å². The molecule has 0 saturated heterocycles. The number of anilines is 1. The second kappa shape index (κ2) is 6.99. The summed E-state index contributed by atoms with van der Waals surface area (Å²) >= 11 is 6.28. The van der Waals surface area contributed by atoms with Gasteiger partial charge in [0.1, 0.15) is 5.52 Å². The summed E-state index contributed by atoms with van der Waals surface area (Å²) in [5.74, 6) is 1.13. The molecule has 30 heavy (non-hydrogen) atoms. The van der Waals surface area contributed by atoms with Crippen LogP contribution >= 0.6 is 11.6 Å². The first kappa shape index (κ1) is 18.9. The molecule has 2 heterocycles. The van der Waals surface area contributed by atoms with Crippen LogP contribution in [0.1, 0.15) is 46.4 Å². The van der Waals surface area contributed by atoms with Gasteiger partial charge in [-0.1, -0.05) is 17.7 Å². The van der Waals surface area contributed by atoms with Crippen LogP contribution in [0.25, 0.3) is 16.8 Å². The molecule has 1 aliphatic carbocycles. The van der Waals surface area contributed by atoms with Gasteiger partial charge >= 0.3 is 0 Å². The molecule has 0 radical (unpaired) electrons. The smallest absolute Gasteiger partial charge is 0.258 e. The van der Waals surface area contributed by atoms with Gasteiger partial charge in [0, 0.05) is 24.2 Å². The number of oxazole rings is 1. The molecular formula is C23H21ClN4O2. The minimum atomic E-state index is -0.116. The number of hydrogen-bond donors (Lipinski definition) is 0. The number of carbonyl (C=O) groups excluding carboxylic acids is 1. The van der Waals surface area contributed by atoms with Crippen molar-refractivity contribution < 1.29 is 9.21 Å². The van der Waals surface area contributed by atoms with Crippen molar-refractivity contribution in [3.05, 3.63) is 70.3 Å². The normalized spacial score (nSPS) is 13.7. The number of hydrogen-bond acceptors (Lipinski definition) is 4. The summed E-state index contributed by atoms with van der Waals surface area (Å²) in [6.45, 7) is 3.77. The Labute approximate surface area is 179 Å². The van der Waals surface area contributed by atoms with E-state index in [2.05, 4.69) is 10.1 Å². The largest absolute Gasteiger partial charge is 0.440 e. The fourth-order valence-corrected chi connectivity index (χ4v) is 3.72. The number of aromatic nitrogens is 3. The van der Waals surface area contributed by atoms with Gasteiger partial charge in [-0.3, -0.25) is 4.79 Å². The average Bonchev–Trinajstić information content (AvgIpc) is 3.48. The second-order valence-electron chi connectivity index (χ2n) is 7.79. The third-order valence-corrected chi connectivity index (χ3v) is 6.09. The Morgan fingerprint density at radius 1 is 1.20 bits per heavy atom. The molecule has 0 atom stereocenters. The number of aryl methyl sites for hydroxylation is 1. The predicted octanol–water partition coefficient (Wildman–Crippen LogP) is 5.44. The van der Waals surface area contributed by atoms with Crippen LogP contribution in [0.4, 0.5) is 5.69 Å². The summed E-state index contributed by atoms with van der Waals surface area (Å²) < 4.78 is 7.58. The summed E-state index contributed by atoms with van der Waals surface area (Å²) in [6, 6.07) is 13.0. The number of halogens is 1. The zero-order chi connectivity index (χ0) is 21.0. The Kier molecular flexibility index (Phi) is 4.40. The molecule has 6 nitrogen and oxygen atoms in total. The van der Waals surface area contributed by atoms with Gasteiger partial charge in [0.2, 0.25) is 0 Å². The minimum absolute atomic E-state index is 0.116. The van der Waals surface area contributed by atoms with Crippen LogP contribution in [0.5, 0.6) is 0 Å². The SMILES string of the molecule is Cc1nn(-c2cccc(C(=O)N(C)c3ccc4oc(C5CC5)nc4c3)c2)c(C)c1Cl. The van der Waals surface area contributed by atoms with Crippen molar-refractivity contribution in [1.82, 2.24) is 14.8 Å². The van der Waals surface area contributed by atoms with E-state index in [1.54, 1.807) is 22.7 Å². The van der Waals surface area contributed by atoms with Gasteiger partial charge in [-0.25, -0.2) is 9.67 Å². The Morgan fingerprint density at radius 3 is 2.70 bits per heavy atom. The summed E-state index contributed by atoms with van der Waals surface area (Å²) in [5, 5.41) is 5.11. The van der Waals surface area contributed by atoms with Gasteiger partial charge in [0.25, 0.3) is 5.91 Å². The van der Waals surface area contributed by atoms with Crippen molar-refractivity contribution in [2.24, 2.45) is 0 Å². The van der Waals surface area contributed by atoms with E-state index < -0.39 is 0 Å². The average molecular weight is 421 g/mol. The number of rotatable bonds is 4. The van der Waals surface area contributed by atoms with E-state index in [-0.39, 0.29) is 5.91 Å². The van der Waals surface area contributed by atoms with Crippen LogP contribution in [-0.4, -0.2) is 27.7 Å². The van der Waals surface area contributed by atoms with Crippen molar-refractivity contribution in [1.29, 1.82) is 0 Å². The van der Waals surface area contributed by atoms with Crippen LogP contribution in [0.2, 0.25) is 5.02 Å². The first-order chi connectivity index (χ1) is 14.4. The maximum absolute atomic E-state index is 13.2. The molecule has 2 aromatic carbocycles. The fourth-order valence-electron chi connectivity index (χ4n) is 3.60. The maximum atomic E-state index is 13.2. The highest BCUT2D eigenvalue weighted by Crippen LogP contribution is 2.40. The second-order valence-corrected chi connectivity index (χ2v) is 8.17. The Bertz CT molecular complexity index is 1290. The summed E-state index contributed by atoms with van der Waals surface area (Å²) in [6.07, 6.45) is 2.27. The van der Waals surface area contributed by atoms with Gasteiger partial charge in [0.15, 0.2) is 11.5 Å². The van der Waals surface area contributed by atoms with Crippen molar-refractivity contribution in [2.75, 3.05) is 11.9 Å². The third kappa shape index (κ3) is 3.17. The quantitative estimate of drug-likeness (QED) is 0.441. The lowest BCUT2D eigenvalue weighted by Gasteiger charge is -2.18. The molecule has 0 aliphatic heterocycles. The molecule has 7 heteroatoms. The first-order valence-corrected chi connectivity index (χ1v) is 10.3. The zero-order valence-corrected chi connectivity index (χ0v) is 17.8. The Hall–Kier alpha value is -3.12. The summed E-state index contributed by atoms with van der Waals surface area (Å²) in [4.78, 5) is 19.4. The zero-order valence-electron chi connectivity index (χ0n) is 17.0. The maximum Gasteiger partial charge on any atom is 0.258 e. The molecule has 0 N–H and O–H groups in total. The standard InChI is InChI=1S/C23H21ClN4O2/c1-13-21(24)14(2)28(26-13)18-6-4-5-16(11-18)23(29)27(3)17-9-10-20-19(12-17)25-22(30-20)15-7-8-15/h4-6,9-12,15H,7-8H2,1-3H3. The molecule has 2 aromatic heterocycles. The van der Waals surface area contributed by atoms with Crippen molar-refractivity contribution in [2.45, 2.75) is 32.6 Å². The highest BCUT2D eigenvalue weighted by Gasteiger charge is 2.29. The van der Waals surface area contributed by atoms with E-state index in [4.69, 9.17) is 16.0 Å². The van der Waals surface area contributed by atoms with Crippen LogP contribution in [-0.2, 0) is 0 Å². The minimum Gasteiger partial charge on any atom is -0.440 e. The van der Waals surface area contributed by atoms with Crippen molar-refractivity contribution >= 4 is 34.3 Å². The molecule has 5 rings (SSSR count). The molecule has 1 saturated carbocycles. The topological polar surface area (TPSA) is 64.2 Å².